The van der Waals surface area contributed by atoms with E-state index in [-0.39, 0.29) is 0 Å². The van der Waals surface area contributed by atoms with Crippen molar-refractivity contribution in [3.05, 3.63) is 89.4 Å². The lowest BCUT2D eigenvalue weighted by Crippen LogP contribution is -1.99. The molecule has 2 aromatic heterocycles. The highest BCUT2D eigenvalue weighted by atomic mass is 15.0. The lowest BCUT2D eigenvalue weighted by atomic mass is 10.2. The van der Waals surface area contributed by atoms with Crippen LogP contribution in [0, 0.1) is 20.8 Å². The zero-order valence-corrected chi connectivity index (χ0v) is 15.3. The molecule has 4 aromatic rings. The summed E-state index contributed by atoms with van der Waals surface area (Å²) in [7, 11) is 0. The smallest absolute Gasteiger partial charge is 0.0703 e. The summed E-state index contributed by atoms with van der Waals surface area (Å²) in [6.07, 6.45) is 3.76. The number of hydrogen-bond donors (Lipinski definition) is 0. The van der Waals surface area contributed by atoms with Crippen LogP contribution in [0.3, 0.4) is 0 Å². The number of nitrogens with zero attached hydrogens (tertiary/aromatic N) is 3. The maximum absolute atomic E-state index is 4.69. The van der Waals surface area contributed by atoms with Crippen LogP contribution >= 0.6 is 0 Å². The number of pyridine rings is 1. The maximum atomic E-state index is 4.69. The van der Waals surface area contributed by atoms with Crippen LogP contribution < -0.4 is 0 Å². The van der Waals surface area contributed by atoms with Gasteiger partial charge in [-0.1, -0.05) is 18.2 Å². The third-order valence-corrected chi connectivity index (χ3v) is 4.67. The standard InChI is InChI=1S/C23H21N3/c1-16-6-4-8-22(12-16)26-17(2)13-20(18(26)3)15-25-21-9-10-23-19(14-21)7-5-11-24-23/h4-15H,1-3H3. The Labute approximate surface area is 153 Å². The fraction of sp³-hybridized carbons (Fsp3) is 0.130. The maximum Gasteiger partial charge on any atom is 0.0703 e. The summed E-state index contributed by atoms with van der Waals surface area (Å²) in [6, 6.07) is 20.8. The van der Waals surface area contributed by atoms with Crippen molar-refractivity contribution in [2.75, 3.05) is 0 Å². The zero-order chi connectivity index (χ0) is 18.1. The Morgan fingerprint density at radius 3 is 2.65 bits per heavy atom. The second-order valence-electron chi connectivity index (χ2n) is 6.64. The van der Waals surface area contributed by atoms with Gasteiger partial charge in [-0.3, -0.25) is 9.98 Å². The molecule has 4 rings (SSSR count). The first-order valence-electron chi connectivity index (χ1n) is 8.77. The minimum Gasteiger partial charge on any atom is -0.318 e. The van der Waals surface area contributed by atoms with Crippen LogP contribution in [0.2, 0.25) is 0 Å². The van der Waals surface area contributed by atoms with E-state index in [1.807, 2.05) is 30.6 Å². The molecule has 0 saturated heterocycles. The fourth-order valence-electron chi connectivity index (χ4n) is 3.37. The molecule has 0 atom stereocenters. The average molecular weight is 339 g/mol. The number of aromatic nitrogens is 2. The van der Waals surface area contributed by atoms with Crippen molar-refractivity contribution in [1.29, 1.82) is 0 Å². The fourth-order valence-corrected chi connectivity index (χ4v) is 3.37. The van der Waals surface area contributed by atoms with Crippen molar-refractivity contribution in [1.82, 2.24) is 9.55 Å². The Morgan fingerprint density at radius 2 is 1.81 bits per heavy atom. The molecular formula is C23H21N3. The van der Waals surface area contributed by atoms with Gasteiger partial charge < -0.3 is 4.57 Å². The van der Waals surface area contributed by atoms with Crippen molar-refractivity contribution in [2.24, 2.45) is 4.99 Å². The van der Waals surface area contributed by atoms with E-state index in [1.54, 1.807) is 0 Å². The SMILES string of the molecule is Cc1cccc(-n2c(C)cc(C=Nc3ccc4ncccc4c3)c2C)c1. The van der Waals surface area contributed by atoms with Gasteiger partial charge in [0.1, 0.15) is 0 Å². The number of hydrogen-bond acceptors (Lipinski definition) is 2. The van der Waals surface area contributed by atoms with Gasteiger partial charge in [-0.15, -0.1) is 0 Å². The van der Waals surface area contributed by atoms with Gasteiger partial charge in [0.15, 0.2) is 0 Å². The molecule has 3 heteroatoms. The molecule has 0 amide bonds. The van der Waals surface area contributed by atoms with Crippen molar-refractivity contribution >= 4 is 22.8 Å². The van der Waals surface area contributed by atoms with Gasteiger partial charge in [-0.25, -0.2) is 0 Å². The lowest BCUT2D eigenvalue weighted by Gasteiger charge is -2.10. The summed E-state index contributed by atoms with van der Waals surface area (Å²) in [6.45, 7) is 6.39. The van der Waals surface area contributed by atoms with Gasteiger partial charge >= 0.3 is 0 Å². The third kappa shape index (κ3) is 3.04. The largest absolute Gasteiger partial charge is 0.318 e. The lowest BCUT2D eigenvalue weighted by molar-refractivity contribution is 0.963. The van der Waals surface area contributed by atoms with Crippen LogP contribution in [0.1, 0.15) is 22.5 Å². The quantitative estimate of drug-likeness (QED) is 0.440. The molecule has 0 bridgehead atoms. The normalized spacial score (nSPS) is 11.5. The second kappa shape index (κ2) is 6.60. The topological polar surface area (TPSA) is 30.2 Å². The zero-order valence-electron chi connectivity index (χ0n) is 15.3. The minimum atomic E-state index is 0.936. The predicted octanol–water partition coefficient (Wildman–Crippen LogP) is 5.70. The van der Waals surface area contributed by atoms with E-state index in [4.69, 9.17) is 0 Å². The van der Waals surface area contributed by atoms with Gasteiger partial charge in [-0.2, -0.15) is 0 Å². The molecule has 0 saturated carbocycles. The third-order valence-electron chi connectivity index (χ3n) is 4.67. The Kier molecular flexibility index (Phi) is 4.13. The summed E-state index contributed by atoms with van der Waals surface area (Å²) in [5.41, 5.74) is 7.91. The molecule has 0 aliphatic carbocycles. The summed E-state index contributed by atoms with van der Waals surface area (Å²) in [5, 5.41) is 1.10. The number of aliphatic imine (C=N–C) groups is 1. The van der Waals surface area contributed by atoms with Crippen LogP contribution in [0.5, 0.6) is 0 Å². The van der Waals surface area contributed by atoms with E-state index in [1.165, 1.54) is 22.6 Å². The van der Waals surface area contributed by atoms with E-state index >= 15 is 0 Å². The molecule has 26 heavy (non-hydrogen) atoms. The van der Waals surface area contributed by atoms with Crippen LogP contribution in [0.25, 0.3) is 16.6 Å². The first kappa shape index (κ1) is 16.3. The highest BCUT2D eigenvalue weighted by Gasteiger charge is 2.09. The molecule has 0 fully saturated rings. The van der Waals surface area contributed by atoms with Crippen LogP contribution in [0.4, 0.5) is 5.69 Å². The molecule has 2 aromatic carbocycles. The molecule has 2 heterocycles. The van der Waals surface area contributed by atoms with Crippen molar-refractivity contribution in [2.45, 2.75) is 20.8 Å². The van der Waals surface area contributed by atoms with Gasteiger partial charge in [0.25, 0.3) is 0 Å². The van der Waals surface area contributed by atoms with Crippen LogP contribution in [0.15, 0.2) is 71.9 Å². The Bertz CT molecular complexity index is 1120. The number of rotatable bonds is 3. The van der Waals surface area contributed by atoms with E-state index in [2.05, 4.69) is 77.8 Å². The predicted molar refractivity (Wildman–Crippen MR) is 109 cm³/mol. The summed E-state index contributed by atoms with van der Waals surface area (Å²) >= 11 is 0. The van der Waals surface area contributed by atoms with E-state index in [0.717, 1.165) is 22.2 Å². The van der Waals surface area contributed by atoms with E-state index in [0.29, 0.717) is 0 Å². The molecule has 128 valence electrons. The van der Waals surface area contributed by atoms with Crippen molar-refractivity contribution in [3.8, 4) is 5.69 Å². The van der Waals surface area contributed by atoms with Crippen LogP contribution in [-0.4, -0.2) is 15.8 Å². The molecule has 0 aliphatic heterocycles. The highest BCUT2D eigenvalue weighted by molar-refractivity contribution is 5.87. The minimum absolute atomic E-state index is 0.936. The monoisotopic (exact) mass is 339 g/mol. The summed E-state index contributed by atoms with van der Waals surface area (Å²) in [5.74, 6) is 0. The summed E-state index contributed by atoms with van der Waals surface area (Å²) < 4.78 is 2.28. The molecule has 3 nitrogen and oxygen atoms in total. The van der Waals surface area contributed by atoms with Gasteiger partial charge in [0.05, 0.1) is 11.2 Å². The highest BCUT2D eigenvalue weighted by Crippen LogP contribution is 2.23. The average Bonchev–Trinajstić information content (AvgIpc) is 2.93. The van der Waals surface area contributed by atoms with E-state index in [9.17, 15) is 0 Å². The first-order chi connectivity index (χ1) is 12.6. The first-order valence-corrected chi connectivity index (χ1v) is 8.77. The molecule has 0 aliphatic rings. The van der Waals surface area contributed by atoms with E-state index < -0.39 is 0 Å². The molecular weight excluding hydrogens is 318 g/mol. The van der Waals surface area contributed by atoms with Gasteiger partial charge in [0, 0.05) is 40.4 Å². The van der Waals surface area contributed by atoms with Gasteiger partial charge in [-0.05, 0) is 68.8 Å². The molecule has 0 N–H and O–H groups in total. The Hall–Kier alpha value is -3.20. The second-order valence-corrected chi connectivity index (χ2v) is 6.64. The molecule has 0 spiro atoms. The Morgan fingerprint density at radius 1 is 0.923 bits per heavy atom. The molecule has 0 radical (unpaired) electrons. The van der Waals surface area contributed by atoms with Gasteiger partial charge in [0.2, 0.25) is 0 Å². The van der Waals surface area contributed by atoms with Crippen molar-refractivity contribution in [3.63, 3.8) is 0 Å². The number of fused-ring (bicyclic) bond motifs is 1. The number of benzene rings is 2. The van der Waals surface area contributed by atoms with Crippen LogP contribution in [-0.2, 0) is 0 Å². The van der Waals surface area contributed by atoms with Crippen molar-refractivity contribution < 1.29 is 0 Å². The Balaban J connectivity index is 1.70. The number of aryl methyl sites for hydroxylation is 2. The molecule has 0 unspecified atom stereocenters. The summed E-state index contributed by atoms with van der Waals surface area (Å²) in [4.78, 5) is 9.04.